The third-order valence-electron chi connectivity index (χ3n) is 5.60. The molecule has 2 aromatic rings. The molecule has 6 heteroatoms. The van der Waals surface area contributed by atoms with Crippen molar-refractivity contribution in [1.29, 1.82) is 0 Å². The van der Waals surface area contributed by atoms with Crippen LogP contribution in [0.3, 0.4) is 0 Å². The normalized spacial score (nSPS) is 16.7. The Kier molecular flexibility index (Phi) is 5.09. The largest absolute Gasteiger partial charge is 0.323 e. The van der Waals surface area contributed by atoms with E-state index in [1.54, 1.807) is 18.2 Å². The van der Waals surface area contributed by atoms with E-state index < -0.39 is 6.03 Å². The smallest absolute Gasteiger partial charge is 0.308 e. The van der Waals surface area contributed by atoms with Crippen molar-refractivity contribution in [3.05, 3.63) is 58.7 Å². The fourth-order valence-electron chi connectivity index (χ4n) is 4.35. The zero-order chi connectivity index (χ0) is 20.5. The topological polar surface area (TPSA) is 78.5 Å². The minimum absolute atomic E-state index is 0.0135. The van der Waals surface area contributed by atoms with Crippen molar-refractivity contribution in [2.45, 2.75) is 52.0 Å². The molecule has 29 heavy (non-hydrogen) atoms. The summed E-state index contributed by atoms with van der Waals surface area (Å²) in [6.45, 7) is 3.94. The van der Waals surface area contributed by atoms with Crippen molar-refractivity contribution in [2.75, 3.05) is 10.6 Å². The maximum Gasteiger partial charge on any atom is 0.323 e. The van der Waals surface area contributed by atoms with Crippen LogP contribution in [-0.2, 0) is 0 Å². The Bertz CT molecular complexity index is 973. The molecule has 2 aromatic carbocycles. The Morgan fingerprint density at radius 2 is 1.45 bits per heavy atom. The lowest BCUT2D eigenvalue weighted by molar-refractivity contribution is 0.0549. The third kappa shape index (κ3) is 3.88. The molecule has 1 fully saturated rings. The molecule has 0 aromatic heterocycles. The van der Waals surface area contributed by atoms with Gasteiger partial charge in [0.15, 0.2) is 0 Å². The average Bonchev–Trinajstić information content (AvgIpc) is 2.91. The second-order valence-corrected chi connectivity index (χ2v) is 7.99. The first-order valence-corrected chi connectivity index (χ1v) is 10.1. The number of hydrogen-bond donors (Lipinski definition) is 2. The number of carbonyl (C=O) groups is 3. The van der Waals surface area contributed by atoms with Crippen LogP contribution in [-0.4, -0.2) is 28.8 Å². The summed E-state index contributed by atoms with van der Waals surface area (Å²) in [6.07, 6.45) is 4.99. The van der Waals surface area contributed by atoms with Gasteiger partial charge in [0.05, 0.1) is 11.1 Å². The average molecular weight is 391 g/mol. The number of hydrogen-bond acceptors (Lipinski definition) is 3. The summed E-state index contributed by atoms with van der Waals surface area (Å²) in [4.78, 5) is 39.4. The number of nitrogens with zero attached hydrogens (tertiary/aromatic N) is 1. The van der Waals surface area contributed by atoms with Crippen LogP contribution >= 0.6 is 0 Å². The Balaban J connectivity index is 1.49. The zero-order valence-electron chi connectivity index (χ0n) is 16.7. The van der Waals surface area contributed by atoms with Crippen LogP contribution in [0.4, 0.5) is 16.2 Å². The fourth-order valence-corrected chi connectivity index (χ4v) is 4.35. The summed E-state index contributed by atoms with van der Waals surface area (Å²) in [5.74, 6) is -0.474. The lowest BCUT2D eigenvalue weighted by Crippen LogP contribution is -2.40. The van der Waals surface area contributed by atoms with Crippen LogP contribution in [0, 0.1) is 13.8 Å². The van der Waals surface area contributed by atoms with Gasteiger partial charge in [0.2, 0.25) is 0 Å². The molecular formula is C23H25N3O3. The van der Waals surface area contributed by atoms with Gasteiger partial charge in [-0.15, -0.1) is 0 Å². The maximum absolute atomic E-state index is 12.9. The van der Waals surface area contributed by atoms with Crippen molar-refractivity contribution < 1.29 is 14.4 Å². The SMILES string of the molecule is Cc1cc(C)cc(NC(=O)Nc2ccc3c(c2)C(=O)N(C2CCCCC2)C3=O)c1. The van der Waals surface area contributed by atoms with Crippen LogP contribution in [0.25, 0.3) is 0 Å². The summed E-state index contributed by atoms with van der Waals surface area (Å²) < 4.78 is 0. The number of nitrogens with one attached hydrogen (secondary N) is 2. The molecule has 150 valence electrons. The fraction of sp³-hybridized carbons (Fsp3) is 0.348. The summed E-state index contributed by atoms with van der Waals surface area (Å²) >= 11 is 0. The van der Waals surface area contributed by atoms with Gasteiger partial charge in [-0.25, -0.2) is 4.79 Å². The van der Waals surface area contributed by atoms with Crippen LogP contribution in [0.2, 0.25) is 0 Å². The number of amides is 4. The van der Waals surface area contributed by atoms with Crippen LogP contribution in [0.5, 0.6) is 0 Å². The Morgan fingerprint density at radius 3 is 2.14 bits per heavy atom. The predicted octanol–water partition coefficient (Wildman–Crippen LogP) is 4.88. The van der Waals surface area contributed by atoms with Gasteiger partial charge in [-0.2, -0.15) is 0 Å². The van der Waals surface area contributed by atoms with E-state index in [2.05, 4.69) is 10.6 Å². The highest BCUT2D eigenvalue weighted by Crippen LogP contribution is 2.32. The van der Waals surface area contributed by atoms with Crippen molar-refractivity contribution in [1.82, 2.24) is 4.90 Å². The molecule has 0 unspecified atom stereocenters. The van der Waals surface area contributed by atoms with Gasteiger partial charge in [0.25, 0.3) is 11.8 Å². The summed E-state index contributed by atoms with van der Waals surface area (Å²) in [5.41, 5.74) is 4.09. The highest BCUT2D eigenvalue weighted by atomic mass is 16.2. The molecule has 4 amide bonds. The quantitative estimate of drug-likeness (QED) is 0.732. The Hall–Kier alpha value is -3.15. The van der Waals surface area contributed by atoms with Crippen LogP contribution in [0.15, 0.2) is 36.4 Å². The molecule has 1 aliphatic carbocycles. The minimum atomic E-state index is -0.393. The number of rotatable bonds is 3. The number of fused-ring (bicyclic) bond motifs is 1. The lowest BCUT2D eigenvalue weighted by atomic mass is 9.94. The molecule has 0 saturated heterocycles. The van der Waals surface area contributed by atoms with E-state index in [-0.39, 0.29) is 17.9 Å². The van der Waals surface area contributed by atoms with Crippen molar-refractivity contribution >= 4 is 29.2 Å². The van der Waals surface area contributed by atoms with Gasteiger partial charge in [-0.1, -0.05) is 25.3 Å². The molecule has 6 nitrogen and oxygen atoms in total. The molecule has 1 saturated carbocycles. The van der Waals surface area contributed by atoms with E-state index in [1.807, 2.05) is 32.0 Å². The maximum atomic E-state index is 12.9. The molecule has 0 spiro atoms. The number of carbonyl (C=O) groups excluding carboxylic acids is 3. The minimum Gasteiger partial charge on any atom is -0.308 e. The number of benzene rings is 2. The standard InChI is InChI=1S/C23H25N3O3/c1-14-10-15(2)12-17(11-14)25-23(29)24-16-8-9-19-20(13-16)22(28)26(21(19)27)18-6-4-3-5-7-18/h8-13,18H,3-7H2,1-2H3,(H2,24,25,29). The zero-order valence-corrected chi connectivity index (χ0v) is 16.7. The molecule has 0 bridgehead atoms. The van der Waals surface area contributed by atoms with E-state index in [4.69, 9.17) is 0 Å². The van der Waals surface area contributed by atoms with Crippen molar-refractivity contribution in [2.24, 2.45) is 0 Å². The molecule has 1 heterocycles. The van der Waals surface area contributed by atoms with Crippen molar-refractivity contribution in [3.63, 3.8) is 0 Å². The highest BCUT2D eigenvalue weighted by molar-refractivity contribution is 6.22. The number of urea groups is 1. The Morgan fingerprint density at radius 1 is 0.828 bits per heavy atom. The second kappa shape index (κ2) is 7.70. The first-order valence-electron chi connectivity index (χ1n) is 10.1. The highest BCUT2D eigenvalue weighted by Gasteiger charge is 2.40. The van der Waals surface area contributed by atoms with Gasteiger partial charge in [0.1, 0.15) is 0 Å². The lowest BCUT2D eigenvalue weighted by Gasteiger charge is -2.29. The predicted molar refractivity (Wildman–Crippen MR) is 112 cm³/mol. The number of aryl methyl sites for hydroxylation is 2. The molecule has 2 aliphatic rings. The number of imide groups is 1. The van der Waals surface area contributed by atoms with E-state index >= 15 is 0 Å². The van der Waals surface area contributed by atoms with E-state index in [0.29, 0.717) is 22.5 Å². The van der Waals surface area contributed by atoms with Crippen LogP contribution < -0.4 is 10.6 Å². The molecule has 4 rings (SSSR count). The molecule has 0 radical (unpaired) electrons. The van der Waals surface area contributed by atoms with E-state index in [9.17, 15) is 14.4 Å². The van der Waals surface area contributed by atoms with Crippen LogP contribution in [0.1, 0.15) is 63.9 Å². The Labute approximate surface area is 170 Å². The third-order valence-corrected chi connectivity index (χ3v) is 5.60. The summed E-state index contributed by atoms with van der Waals surface area (Å²) in [7, 11) is 0. The first-order chi connectivity index (χ1) is 13.9. The van der Waals surface area contributed by atoms with Crippen molar-refractivity contribution in [3.8, 4) is 0 Å². The van der Waals surface area contributed by atoms with Gasteiger partial charge < -0.3 is 10.6 Å². The van der Waals surface area contributed by atoms with Gasteiger partial charge in [-0.3, -0.25) is 14.5 Å². The molecule has 2 N–H and O–H groups in total. The van der Waals surface area contributed by atoms with E-state index in [0.717, 1.165) is 43.2 Å². The molecular weight excluding hydrogens is 366 g/mol. The van der Waals surface area contributed by atoms with E-state index in [1.165, 1.54) is 4.90 Å². The van der Waals surface area contributed by atoms with Gasteiger partial charge in [-0.05, 0) is 68.1 Å². The molecule has 0 atom stereocenters. The summed E-state index contributed by atoms with van der Waals surface area (Å²) in [6, 6.07) is 10.3. The van der Waals surface area contributed by atoms with Gasteiger partial charge >= 0.3 is 6.03 Å². The number of anilines is 2. The first kappa shape index (κ1) is 19.2. The second-order valence-electron chi connectivity index (χ2n) is 7.99. The van der Waals surface area contributed by atoms with Gasteiger partial charge in [0, 0.05) is 17.4 Å². The summed E-state index contributed by atoms with van der Waals surface area (Å²) in [5, 5.41) is 5.56. The monoisotopic (exact) mass is 391 g/mol. The molecule has 1 aliphatic heterocycles.